The van der Waals surface area contributed by atoms with Crippen LogP contribution in [-0.4, -0.2) is 17.8 Å². The fourth-order valence-electron chi connectivity index (χ4n) is 0.734. The van der Waals surface area contributed by atoms with Crippen molar-refractivity contribution >= 4 is 0 Å². The molecule has 0 aliphatic rings. The number of hydrogen-bond donors (Lipinski definition) is 1. The highest BCUT2D eigenvalue weighted by molar-refractivity contribution is 5.20. The first-order chi connectivity index (χ1) is 5.29. The third kappa shape index (κ3) is 3.05. The lowest BCUT2D eigenvalue weighted by Crippen LogP contribution is -2.12. The largest absolute Gasteiger partial charge is 0.491 e. The Morgan fingerprint density at radius 3 is 2.55 bits per heavy atom. The van der Waals surface area contributed by atoms with E-state index in [1.165, 1.54) is 0 Å². The first-order valence-corrected chi connectivity index (χ1v) is 3.65. The molecule has 0 amide bonds. The molecule has 1 atom stereocenters. The molecular formula is C9H12O2. The van der Waals surface area contributed by atoms with E-state index < -0.39 is 6.10 Å². The zero-order valence-electron chi connectivity index (χ0n) is 6.53. The first-order valence-electron chi connectivity index (χ1n) is 3.65. The van der Waals surface area contributed by atoms with Gasteiger partial charge in [-0.1, -0.05) is 18.2 Å². The number of rotatable bonds is 3. The van der Waals surface area contributed by atoms with Gasteiger partial charge >= 0.3 is 0 Å². The molecule has 0 radical (unpaired) electrons. The molecule has 0 saturated heterocycles. The number of aliphatic hydroxyl groups is 1. The molecule has 1 rings (SSSR count). The van der Waals surface area contributed by atoms with Crippen LogP contribution in [0.15, 0.2) is 30.3 Å². The fraction of sp³-hybridized carbons (Fsp3) is 0.333. The summed E-state index contributed by atoms with van der Waals surface area (Å²) in [7, 11) is 0. The molecule has 0 unspecified atom stereocenters. The van der Waals surface area contributed by atoms with Crippen LogP contribution in [-0.2, 0) is 0 Å². The highest BCUT2D eigenvalue weighted by atomic mass is 16.5. The van der Waals surface area contributed by atoms with Crippen molar-refractivity contribution in [3.8, 4) is 5.75 Å². The van der Waals surface area contributed by atoms with Gasteiger partial charge in [-0.15, -0.1) is 0 Å². The van der Waals surface area contributed by atoms with E-state index in [1.54, 1.807) is 6.92 Å². The molecule has 2 nitrogen and oxygen atoms in total. The van der Waals surface area contributed by atoms with E-state index in [-0.39, 0.29) is 0 Å². The summed E-state index contributed by atoms with van der Waals surface area (Å²) in [5, 5.41) is 8.89. The smallest absolute Gasteiger partial charge is 0.119 e. The van der Waals surface area contributed by atoms with Crippen molar-refractivity contribution in [2.24, 2.45) is 0 Å². The van der Waals surface area contributed by atoms with Gasteiger partial charge in [-0.2, -0.15) is 0 Å². The Kier molecular flexibility index (Phi) is 2.93. The predicted octanol–water partition coefficient (Wildman–Crippen LogP) is 1.45. The predicted molar refractivity (Wildman–Crippen MR) is 43.6 cm³/mol. The molecule has 60 valence electrons. The van der Waals surface area contributed by atoms with Crippen LogP contribution >= 0.6 is 0 Å². The first kappa shape index (κ1) is 8.08. The van der Waals surface area contributed by atoms with Crippen molar-refractivity contribution in [2.45, 2.75) is 13.0 Å². The van der Waals surface area contributed by atoms with E-state index in [2.05, 4.69) is 0 Å². The molecule has 1 aromatic rings. The van der Waals surface area contributed by atoms with Gasteiger partial charge in [0.25, 0.3) is 0 Å². The van der Waals surface area contributed by atoms with Gasteiger partial charge in [-0.05, 0) is 19.1 Å². The van der Waals surface area contributed by atoms with E-state index in [9.17, 15) is 0 Å². The van der Waals surface area contributed by atoms with Gasteiger partial charge in [0, 0.05) is 0 Å². The third-order valence-electron chi connectivity index (χ3n) is 1.23. The lowest BCUT2D eigenvalue weighted by atomic mass is 10.3. The second kappa shape index (κ2) is 3.98. The van der Waals surface area contributed by atoms with Crippen molar-refractivity contribution in [3.05, 3.63) is 30.3 Å². The van der Waals surface area contributed by atoms with Gasteiger partial charge in [0.1, 0.15) is 12.4 Å². The van der Waals surface area contributed by atoms with E-state index in [1.807, 2.05) is 30.3 Å². The van der Waals surface area contributed by atoms with Crippen molar-refractivity contribution < 1.29 is 9.84 Å². The highest BCUT2D eigenvalue weighted by Gasteiger charge is 1.95. The Morgan fingerprint density at radius 2 is 2.00 bits per heavy atom. The SMILES string of the molecule is C[C@H](O)COc1ccccc1. The van der Waals surface area contributed by atoms with E-state index in [4.69, 9.17) is 9.84 Å². The van der Waals surface area contributed by atoms with Crippen LogP contribution < -0.4 is 4.74 Å². The molecular weight excluding hydrogens is 140 g/mol. The molecule has 0 fully saturated rings. The van der Waals surface area contributed by atoms with Gasteiger partial charge in [-0.25, -0.2) is 0 Å². The topological polar surface area (TPSA) is 29.5 Å². The molecule has 0 spiro atoms. The lowest BCUT2D eigenvalue weighted by Gasteiger charge is -2.06. The van der Waals surface area contributed by atoms with Gasteiger partial charge in [0.05, 0.1) is 6.10 Å². The molecule has 0 aliphatic carbocycles. The van der Waals surface area contributed by atoms with Gasteiger partial charge in [0.15, 0.2) is 0 Å². The molecule has 0 aromatic heterocycles. The maximum Gasteiger partial charge on any atom is 0.119 e. The average Bonchev–Trinajstić information content (AvgIpc) is 2.03. The summed E-state index contributed by atoms with van der Waals surface area (Å²) in [5.41, 5.74) is 0. The minimum atomic E-state index is -0.407. The average molecular weight is 152 g/mol. The van der Waals surface area contributed by atoms with E-state index in [0.717, 1.165) is 5.75 Å². The quantitative estimate of drug-likeness (QED) is 0.710. The summed E-state index contributed by atoms with van der Waals surface area (Å²) < 4.78 is 5.22. The summed E-state index contributed by atoms with van der Waals surface area (Å²) in [4.78, 5) is 0. The Hall–Kier alpha value is -1.02. The zero-order chi connectivity index (χ0) is 8.10. The van der Waals surface area contributed by atoms with E-state index >= 15 is 0 Å². The molecule has 0 aliphatic heterocycles. The number of ether oxygens (including phenoxy) is 1. The van der Waals surface area contributed by atoms with Crippen molar-refractivity contribution in [3.63, 3.8) is 0 Å². The second-order valence-corrected chi connectivity index (χ2v) is 2.47. The lowest BCUT2D eigenvalue weighted by molar-refractivity contribution is 0.123. The van der Waals surface area contributed by atoms with Crippen LogP contribution in [0.3, 0.4) is 0 Å². The number of aliphatic hydroxyl groups excluding tert-OH is 1. The summed E-state index contributed by atoms with van der Waals surface area (Å²) in [5.74, 6) is 0.799. The number of para-hydroxylation sites is 1. The van der Waals surface area contributed by atoms with Crippen LogP contribution in [0.1, 0.15) is 6.92 Å². The monoisotopic (exact) mass is 152 g/mol. The molecule has 1 N–H and O–H groups in total. The van der Waals surface area contributed by atoms with Crippen molar-refractivity contribution in [2.75, 3.05) is 6.61 Å². The number of hydrogen-bond acceptors (Lipinski definition) is 2. The highest BCUT2D eigenvalue weighted by Crippen LogP contribution is 2.07. The number of benzene rings is 1. The van der Waals surface area contributed by atoms with Crippen LogP contribution in [0.2, 0.25) is 0 Å². The molecule has 1 aromatic carbocycles. The fourth-order valence-corrected chi connectivity index (χ4v) is 0.734. The molecule has 0 saturated carbocycles. The summed E-state index contributed by atoms with van der Waals surface area (Å²) >= 11 is 0. The second-order valence-electron chi connectivity index (χ2n) is 2.47. The van der Waals surface area contributed by atoms with E-state index in [0.29, 0.717) is 6.61 Å². The van der Waals surface area contributed by atoms with Crippen molar-refractivity contribution in [1.29, 1.82) is 0 Å². The van der Waals surface area contributed by atoms with Gasteiger partial charge in [-0.3, -0.25) is 0 Å². The van der Waals surface area contributed by atoms with Crippen LogP contribution in [0, 0.1) is 0 Å². The van der Waals surface area contributed by atoms with Gasteiger partial charge < -0.3 is 9.84 Å². The Bertz CT molecular complexity index is 194. The summed E-state index contributed by atoms with van der Waals surface area (Å²) in [6.45, 7) is 2.05. The minimum Gasteiger partial charge on any atom is -0.491 e. The van der Waals surface area contributed by atoms with Crippen LogP contribution in [0.5, 0.6) is 5.75 Å². The molecule has 0 heterocycles. The normalized spacial score (nSPS) is 12.5. The van der Waals surface area contributed by atoms with Gasteiger partial charge in [0.2, 0.25) is 0 Å². The summed E-state index contributed by atoms with van der Waals surface area (Å²) in [6, 6.07) is 9.45. The van der Waals surface area contributed by atoms with Crippen LogP contribution in [0.25, 0.3) is 0 Å². The minimum absolute atomic E-state index is 0.351. The molecule has 2 heteroatoms. The Labute approximate surface area is 66.4 Å². The standard InChI is InChI=1S/C9H12O2/c1-8(10)7-11-9-5-3-2-4-6-9/h2-6,8,10H,7H2,1H3/t8-/m0/s1. The maximum atomic E-state index is 8.89. The molecule has 0 bridgehead atoms. The third-order valence-corrected chi connectivity index (χ3v) is 1.23. The summed E-state index contributed by atoms with van der Waals surface area (Å²) in [6.07, 6.45) is -0.407. The Balaban J connectivity index is 2.39. The Morgan fingerprint density at radius 1 is 1.36 bits per heavy atom. The van der Waals surface area contributed by atoms with Crippen molar-refractivity contribution in [1.82, 2.24) is 0 Å². The van der Waals surface area contributed by atoms with Crippen LogP contribution in [0.4, 0.5) is 0 Å². The zero-order valence-corrected chi connectivity index (χ0v) is 6.53. The maximum absolute atomic E-state index is 8.89. The molecule has 11 heavy (non-hydrogen) atoms.